The number of ether oxygens (including phenoxy) is 1. The van der Waals surface area contributed by atoms with Crippen LogP contribution in [-0.4, -0.2) is 50.4 Å². The summed E-state index contributed by atoms with van der Waals surface area (Å²) in [6.45, 7) is 6.53. The van der Waals surface area contributed by atoms with E-state index in [9.17, 15) is 9.59 Å². The molecule has 0 radical (unpaired) electrons. The Morgan fingerprint density at radius 2 is 1.90 bits per heavy atom. The first-order valence-corrected chi connectivity index (χ1v) is 10.1. The van der Waals surface area contributed by atoms with Crippen molar-refractivity contribution in [3.63, 3.8) is 0 Å². The van der Waals surface area contributed by atoms with Crippen molar-refractivity contribution in [2.45, 2.75) is 19.9 Å². The molecule has 1 unspecified atom stereocenters. The zero-order chi connectivity index (χ0) is 21.5. The largest absolute Gasteiger partial charge is 0.440 e. The van der Waals surface area contributed by atoms with Crippen molar-refractivity contribution in [3.8, 4) is 0 Å². The quantitative estimate of drug-likeness (QED) is 0.518. The van der Waals surface area contributed by atoms with Crippen molar-refractivity contribution in [1.82, 2.24) is 10.7 Å². The molecule has 1 aliphatic rings. The second-order valence-electron chi connectivity index (χ2n) is 7.18. The minimum atomic E-state index is -0.772. The van der Waals surface area contributed by atoms with Crippen LogP contribution in [0.4, 0.5) is 5.88 Å². The molecule has 2 aromatic rings. The van der Waals surface area contributed by atoms with Crippen molar-refractivity contribution < 1.29 is 18.7 Å². The second-order valence-corrected chi connectivity index (χ2v) is 7.59. The van der Waals surface area contributed by atoms with Gasteiger partial charge in [-0.15, -0.1) is 0 Å². The van der Waals surface area contributed by atoms with Crippen molar-refractivity contribution >= 4 is 35.5 Å². The van der Waals surface area contributed by atoms with Gasteiger partial charge in [0.15, 0.2) is 5.88 Å². The summed E-state index contributed by atoms with van der Waals surface area (Å²) in [6.07, 6.45) is 1.43. The Hall–Kier alpha value is -2.84. The number of anilines is 1. The van der Waals surface area contributed by atoms with Crippen LogP contribution in [0.5, 0.6) is 0 Å². The minimum Gasteiger partial charge on any atom is -0.440 e. The van der Waals surface area contributed by atoms with Crippen LogP contribution in [0.15, 0.2) is 45.9 Å². The van der Waals surface area contributed by atoms with E-state index in [1.807, 2.05) is 19.9 Å². The van der Waals surface area contributed by atoms with Crippen LogP contribution < -0.4 is 15.6 Å². The van der Waals surface area contributed by atoms with Crippen molar-refractivity contribution in [2.24, 2.45) is 11.0 Å². The second kappa shape index (κ2) is 10.3. The van der Waals surface area contributed by atoms with Crippen LogP contribution in [0.25, 0.3) is 0 Å². The zero-order valence-corrected chi connectivity index (χ0v) is 17.7. The predicted octanol–water partition coefficient (Wildman–Crippen LogP) is 2.67. The van der Waals surface area contributed by atoms with Crippen LogP contribution in [0.1, 0.15) is 30.0 Å². The van der Waals surface area contributed by atoms with Gasteiger partial charge in [0.1, 0.15) is 11.8 Å². The minimum absolute atomic E-state index is 0.150. The lowest BCUT2D eigenvalue weighted by Crippen LogP contribution is -2.48. The summed E-state index contributed by atoms with van der Waals surface area (Å²) in [6, 6.07) is 9.54. The van der Waals surface area contributed by atoms with Gasteiger partial charge in [-0.2, -0.15) is 5.10 Å². The van der Waals surface area contributed by atoms with Gasteiger partial charge in [0.05, 0.1) is 30.0 Å². The Morgan fingerprint density at radius 3 is 2.60 bits per heavy atom. The van der Waals surface area contributed by atoms with E-state index in [1.54, 1.807) is 30.3 Å². The highest BCUT2D eigenvalue weighted by atomic mass is 35.5. The molecule has 0 aliphatic carbocycles. The number of hydrogen-bond donors (Lipinski definition) is 2. The number of hydrazone groups is 1. The van der Waals surface area contributed by atoms with E-state index in [1.165, 1.54) is 6.21 Å². The van der Waals surface area contributed by atoms with Gasteiger partial charge in [0.2, 0.25) is 0 Å². The SMILES string of the molecule is CC(C)C(NC(=O)c1ccccc1Cl)C(=O)N/N=C\c1ccc(N2CCOCC2)o1. The van der Waals surface area contributed by atoms with E-state index in [4.69, 9.17) is 20.8 Å². The van der Waals surface area contributed by atoms with Gasteiger partial charge in [-0.3, -0.25) is 9.59 Å². The number of nitrogens with zero attached hydrogens (tertiary/aromatic N) is 2. The maximum absolute atomic E-state index is 12.6. The summed E-state index contributed by atoms with van der Waals surface area (Å²) >= 11 is 6.07. The van der Waals surface area contributed by atoms with E-state index in [2.05, 4.69) is 20.7 Å². The van der Waals surface area contributed by atoms with Gasteiger partial charge in [0, 0.05) is 19.2 Å². The molecule has 2 N–H and O–H groups in total. The van der Waals surface area contributed by atoms with Gasteiger partial charge in [-0.1, -0.05) is 37.6 Å². The Balaban J connectivity index is 1.58. The van der Waals surface area contributed by atoms with Gasteiger partial charge in [0.25, 0.3) is 11.8 Å². The van der Waals surface area contributed by atoms with E-state index in [0.717, 1.165) is 19.0 Å². The maximum atomic E-state index is 12.6. The molecule has 160 valence electrons. The molecule has 1 aromatic heterocycles. The summed E-state index contributed by atoms with van der Waals surface area (Å²) in [7, 11) is 0. The first-order valence-electron chi connectivity index (χ1n) is 9.76. The number of carbonyl (C=O) groups is 2. The molecule has 8 nitrogen and oxygen atoms in total. The number of furan rings is 1. The fraction of sp³-hybridized carbons (Fsp3) is 0.381. The fourth-order valence-corrected chi connectivity index (χ4v) is 3.22. The molecular formula is C21H25ClN4O4. The Bertz CT molecular complexity index is 906. The van der Waals surface area contributed by atoms with E-state index < -0.39 is 17.9 Å². The molecule has 2 amide bonds. The van der Waals surface area contributed by atoms with E-state index in [-0.39, 0.29) is 5.92 Å². The third-order valence-corrected chi connectivity index (χ3v) is 4.99. The van der Waals surface area contributed by atoms with E-state index >= 15 is 0 Å². The molecule has 0 spiro atoms. The lowest BCUT2D eigenvalue weighted by molar-refractivity contribution is -0.123. The lowest BCUT2D eigenvalue weighted by Gasteiger charge is -2.26. The average molecular weight is 433 g/mol. The van der Waals surface area contributed by atoms with Crippen molar-refractivity contribution in [1.29, 1.82) is 0 Å². The highest BCUT2D eigenvalue weighted by Crippen LogP contribution is 2.18. The molecule has 30 heavy (non-hydrogen) atoms. The zero-order valence-electron chi connectivity index (χ0n) is 16.9. The molecule has 1 aromatic carbocycles. The summed E-state index contributed by atoms with van der Waals surface area (Å²) in [5.74, 6) is 0.250. The van der Waals surface area contributed by atoms with Crippen molar-refractivity contribution in [3.05, 3.63) is 52.7 Å². The summed E-state index contributed by atoms with van der Waals surface area (Å²) < 4.78 is 11.1. The number of carbonyl (C=O) groups excluding carboxylic acids is 2. The highest BCUT2D eigenvalue weighted by Gasteiger charge is 2.25. The number of nitrogens with one attached hydrogen (secondary N) is 2. The van der Waals surface area contributed by atoms with Crippen molar-refractivity contribution in [2.75, 3.05) is 31.2 Å². The average Bonchev–Trinajstić information content (AvgIpc) is 3.21. The summed E-state index contributed by atoms with van der Waals surface area (Å²) in [5, 5.41) is 7.00. The van der Waals surface area contributed by atoms with Gasteiger partial charge in [-0.25, -0.2) is 5.43 Å². The Kier molecular flexibility index (Phi) is 7.48. The lowest BCUT2D eigenvalue weighted by atomic mass is 10.0. The van der Waals surface area contributed by atoms with Gasteiger partial charge < -0.3 is 19.4 Å². The number of hydrogen-bond acceptors (Lipinski definition) is 6. The number of amides is 2. The number of rotatable bonds is 7. The molecule has 0 bridgehead atoms. The maximum Gasteiger partial charge on any atom is 0.262 e. The van der Waals surface area contributed by atoms with Crippen LogP contribution in [-0.2, 0) is 9.53 Å². The molecular weight excluding hydrogens is 408 g/mol. The standard InChI is InChI=1S/C21H25ClN4O4/c1-14(2)19(24-20(27)16-5-3-4-6-17(16)22)21(28)25-23-13-15-7-8-18(30-15)26-9-11-29-12-10-26/h3-8,13-14,19H,9-12H2,1-2H3,(H,24,27)(H,25,28)/b23-13-. The van der Waals surface area contributed by atoms with Crippen LogP contribution in [0, 0.1) is 5.92 Å². The predicted molar refractivity (Wildman–Crippen MR) is 115 cm³/mol. The summed E-state index contributed by atoms with van der Waals surface area (Å²) in [4.78, 5) is 27.1. The molecule has 1 atom stereocenters. The molecule has 1 fully saturated rings. The van der Waals surface area contributed by atoms with Crippen LogP contribution >= 0.6 is 11.6 Å². The molecule has 9 heteroatoms. The highest BCUT2D eigenvalue weighted by molar-refractivity contribution is 6.33. The van der Waals surface area contributed by atoms with Gasteiger partial charge >= 0.3 is 0 Å². The third kappa shape index (κ3) is 5.61. The molecule has 1 saturated heterocycles. The first-order chi connectivity index (χ1) is 14.5. The smallest absolute Gasteiger partial charge is 0.262 e. The normalized spacial score (nSPS) is 15.4. The van der Waals surface area contributed by atoms with E-state index in [0.29, 0.717) is 29.6 Å². The first kappa shape index (κ1) is 21.9. The number of halogens is 1. The third-order valence-electron chi connectivity index (χ3n) is 4.66. The number of benzene rings is 1. The number of morpholine rings is 1. The monoisotopic (exact) mass is 432 g/mol. The molecule has 2 heterocycles. The van der Waals surface area contributed by atoms with Gasteiger partial charge in [-0.05, 0) is 24.1 Å². The Morgan fingerprint density at radius 1 is 1.17 bits per heavy atom. The topological polar surface area (TPSA) is 96.2 Å². The molecule has 1 aliphatic heterocycles. The fourth-order valence-electron chi connectivity index (χ4n) is 2.99. The van der Waals surface area contributed by atoms with Crippen LogP contribution in [0.2, 0.25) is 5.02 Å². The summed E-state index contributed by atoms with van der Waals surface area (Å²) in [5.41, 5.74) is 2.77. The molecule has 0 saturated carbocycles. The Labute approximate surface area is 180 Å². The molecule has 3 rings (SSSR count). The van der Waals surface area contributed by atoms with Crippen LogP contribution in [0.3, 0.4) is 0 Å².